The zero-order valence-corrected chi connectivity index (χ0v) is 19.0. The lowest BCUT2D eigenvalue weighted by molar-refractivity contribution is -0.373. The Morgan fingerprint density at radius 2 is 1.45 bits per heavy atom. The second-order valence-electron chi connectivity index (χ2n) is 11.7. The number of ether oxygens (including phenoxy) is 1. The van der Waals surface area contributed by atoms with E-state index in [1.807, 2.05) is 41.5 Å². The van der Waals surface area contributed by atoms with Crippen LogP contribution in [0.5, 0.6) is 0 Å². The minimum absolute atomic E-state index is 0.103. The van der Waals surface area contributed by atoms with E-state index < -0.39 is 59.6 Å². The molecule has 0 spiro atoms. The molecule has 0 aliphatic heterocycles. The maximum Gasteiger partial charge on any atom is 0.426 e. The first-order chi connectivity index (χ1) is 13.7. The molecular formula is C22H34F6O3. The summed E-state index contributed by atoms with van der Waals surface area (Å²) in [6.45, 7) is 11.7. The van der Waals surface area contributed by atoms with Gasteiger partial charge >= 0.3 is 18.3 Å². The number of esters is 1. The van der Waals surface area contributed by atoms with E-state index in [0.717, 1.165) is 0 Å². The third-order valence-corrected chi connectivity index (χ3v) is 6.80. The fraction of sp³-hybridized carbons (Fsp3) is 0.955. The van der Waals surface area contributed by atoms with Crippen LogP contribution in [-0.2, 0) is 9.53 Å². The third kappa shape index (κ3) is 5.69. The topological polar surface area (TPSA) is 46.5 Å². The van der Waals surface area contributed by atoms with Gasteiger partial charge < -0.3 is 9.84 Å². The molecule has 0 aromatic carbocycles. The monoisotopic (exact) mass is 460 g/mol. The molecule has 5 unspecified atom stereocenters. The van der Waals surface area contributed by atoms with Crippen molar-refractivity contribution >= 4 is 5.97 Å². The average molecular weight is 460 g/mol. The van der Waals surface area contributed by atoms with Crippen molar-refractivity contribution in [2.24, 2.45) is 34.5 Å². The van der Waals surface area contributed by atoms with Crippen molar-refractivity contribution < 1.29 is 41.0 Å². The van der Waals surface area contributed by atoms with E-state index in [-0.39, 0.29) is 17.8 Å². The van der Waals surface area contributed by atoms with Crippen molar-refractivity contribution in [3.8, 4) is 0 Å². The summed E-state index contributed by atoms with van der Waals surface area (Å²) in [5.41, 5.74) is -5.33. The number of fused-ring (bicyclic) bond motifs is 2. The first-order valence-corrected chi connectivity index (χ1v) is 10.7. The van der Waals surface area contributed by atoms with Crippen molar-refractivity contribution in [1.82, 2.24) is 0 Å². The quantitative estimate of drug-likeness (QED) is 0.388. The molecule has 2 rings (SSSR count). The van der Waals surface area contributed by atoms with Gasteiger partial charge in [0.15, 0.2) is 0 Å². The Morgan fingerprint density at radius 1 is 0.935 bits per heavy atom. The van der Waals surface area contributed by atoms with Gasteiger partial charge in [-0.25, -0.2) is 0 Å². The highest BCUT2D eigenvalue weighted by Crippen LogP contribution is 2.56. The van der Waals surface area contributed by atoms with Gasteiger partial charge in [-0.3, -0.25) is 4.79 Å². The molecule has 1 N–H and O–H groups in total. The van der Waals surface area contributed by atoms with E-state index in [2.05, 4.69) is 0 Å². The summed E-state index contributed by atoms with van der Waals surface area (Å²) >= 11 is 0. The van der Waals surface area contributed by atoms with Crippen molar-refractivity contribution in [2.45, 2.75) is 97.7 Å². The van der Waals surface area contributed by atoms with Crippen LogP contribution in [0.15, 0.2) is 0 Å². The molecule has 31 heavy (non-hydrogen) atoms. The van der Waals surface area contributed by atoms with Crippen LogP contribution in [0.4, 0.5) is 26.3 Å². The lowest BCUT2D eigenvalue weighted by atomic mass is 9.72. The second-order valence-corrected chi connectivity index (χ2v) is 11.7. The SMILES string of the molecule is CC(C)(C)CC(C(=O)OC1CC2CC(CC(O)(C(F)(F)F)C(F)(F)F)C1C2)C(C)(C)C. The van der Waals surface area contributed by atoms with Crippen LogP contribution in [0, 0.1) is 34.5 Å². The van der Waals surface area contributed by atoms with Gasteiger partial charge in [0.2, 0.25) is 0 Å². The van der Waals surface area contributed by atoms with E-state index >= 15 is 0 Å². The fourth-order valence-electron chi connectivity index (χ4n) is 5.16. The molecule has 0 amide bonds. The number of carbonyl (C=O) groups is 1. The summed E-state index contributed by atoms with van der Waals surface area (Å²) < 4.78 is 84.6. The third-order valence-electron chi connectivity index (χ3n) is 6.80. The Labute approximate surface area is 179 Å². The fourth-order valence-corrected chi connectivity index (χ4v) is 5.16. The first kappa shape index (κ1) is 26.3. The molecule has 0 aromatic rings. The number of hydrogen-bond acceptors (Lipinski definition) is 3. The number of hydrogen-bond donors (Lipinski definition) is 1. The van der Waals surface area contributed by atoms with Gasteiger partial charge in [-0.1, -0.05) is 41.5 Å². The molecule has 0 heterocycles. The number of alkyl halides is 6. The van der Waals surface area contributed by atoms with Gasteiger partial charge in [0, 0.05) is 0 Å². The molecule has 2 saturated carbocycles. The smallest absolute Gasteiger partial charge is 0.426 e. The highest BCUT2D eigenvalue weighted by molar-refractivity contribution is 5.73. The maximum absolute atomic E-state index is 13.1. The Morgan fingerprint density at radius 3 is 1.84 bits per heavy atom. The molecule has 182 valence electrons. The Kier molecular flexibility index (Phi) is 6.86. The van der Waals surface area contributed by atoms with Crippen molar-refractivity contribution in [2.75, 3.05) is 0 Å². The van der Waals surface area contributed by atoms with Gasteiger partial charge in [0.05, 0.1) is 5.92 Å². The lowest BCUT2D eigenvalue weighted by Crippen LogP contribution is -2.58. The zero-order valence-electron chi connectivity index (χ0n) is 19.0. The molecular weight excluding hydrogens is 426 g/mol. The van der Waals surface area contributed by atoms with Crippen LogP contribution < -0.4 is 0 Å². The van der Waals surface area contributed by atoms with Gasteiger partial charge in [0.25, 0.3) is 5.60 Å². The van der Waals surface area contributed by atoms with E-state index in [9.17, 15) is 36.2 Å². The van der Waals surface area contributed by atoms with E-state index in [1.165, 1.54) is 0 Å². The van der Waals surface area contributed by atoms with Gasteiger partial charge in [-0.05, 0) is 60.7 Å². The summed E-state index contributed by atoms with van der Waals surface area (Å²) in [5, 5.41) is 9.61. The normalized spacial score (nSPS) is 28.7. The predicted octanol–water partition coefficient (Wildman–Crippen LogP) is 6.29. The summed E-state index contributed by atoms with van der Waals surface area (Å²) in [6.07, 6.45) is -12.3. The molecule has 2 aliphatic carbocycles. The van der Waals surface area contributed by atoms with Crippen LogP contribution in [0.2, 0.25) is 0 Å². The number of halogens is 6. The highest BCUT2D eigenvalue weighted by Gasteiger charge is 2.71. The van der Waals surface area contributed by atoms with E-state index in [1.54, 1.807) is 0 Å². The number of carbonyl (C=O) groups excluding carboxylic acids is 1. The summed E-state index contributed by atoms with van der Waals surface area (Å²) in [5.74, 6) is -2.64. The summed E-state index contributed by atoms with van der Waals surface area (Å²) in [7, 11) is 0. The second kappa shape index (κ2) is 8.10. The largest absolute Gasteiger partial charge is 0.462 e. The molecule has 2 aliphatic rings. The van der Waals surface area contributed by atoms with Gasteiger partial charge in [0.1, 0.15) is 6.10 Å². The van der Waals surface area contributed by atoms with Crippen LogP contribution in [0.25, 0.3) is 0 Å². The van der Waals surface area contributed by atoms with Crippen LogP contribution >= 0.6 is 0 Å². The molecule has 2 fully saturated rings. The minimum atomic E-state index is -5.83. The van der Waals surface area contributed by atoms with Crippen LogP contribution in [-0.4, -0.2) is 35.1 Å². The Bertz CT molecular complexity index is 642. The van der Waals surface area contributed by atoms with Crippen LogP contribution in [0.1, 0.15) is 73.6 Å². The van der Waals surface area contributed by atoms with Crippen molar-refractivity contribution in [1.29, 1.82) is 0 Å². The van der Waals surface area contributed by atoms with Crippen LogP contribution in [0.3, 0.4) is 0 Å². The molecule has 2 bridgehead atoms. The minimum Gasteiger partial charge on any atom is -0.462 e. The van der Waals surface area contributed by atoms with Crippen molar-refractivity contribution in [3.05, 3.63) is 0 Å². The summed E-state index contributed by atoms with van der Waals surface area (Å²) in [6, 6.07) is 0. The average Bonchev–Trinajstić information content (AvgIpc) is 3.07. The zero-order chi connectivity index (χ0) is 24.2. The Hall–Kier alpha value is -0.990. The number of rotatable bonds is 5. The highest BCUT2D eigenvalue weighted by atomic mass is 19.4. The van der Waals surface area contributed by atoms with E-state index in [4.69, 9.17) is 4.74 Å². The van der Waals surface area contributed by atoms with Gasteiger partial charge in [-0.15, -0.1) is 0 Å². The predicted molar refractivity (Wildman–Crippen MR) is 103 cm³/mol. The number of aliphatic hydroxyl groups is 1. The van der Waals surface area contributed by atoms with E-state index in [0.29, 0.717) is 19.3 Å². The molecule has 5 atom stereocenters. The Balaban J connectivity index is 2.17. The van der Waals surface area contributed by atoms with Gasteiger partial charge in [-0.2, -0.15) is 26.3 Å². The molecule has 9 heteroatoms. The maximum atomic E-state index is 13.1. The molecule has 3 nitrogen and oxygen atoms in total. The van der Waals surface area contributed by atoms with Crippen molar-refractivity contribution in [3.63, 3.8) is 0 Å². The first-order valence-electron chi connectivity index (χ1n) is 10.7. The summed E-state index contributed by atoms with van der Waals surface area (Å²) in [4.78, 5) is 13.0. The lowest BCUT2D eigenvalue weighted by Gasteiger charge is -2.39. The molecule has 0 saturated heterocycles. The standard InChI is InChI=1S/C22H34F6O3/c1-18(2,3)11-15(19(4,5)6)17(29)31-16-9-12-7-13(14(16)8-12)10-20(30,21(23,24)25)22(26,27)28/h12-16,30H,7-11H2,1-6H3. The molecule has 0 aromatic heterocycles. The molecule has 0 radical (unpaired) electrons.